The van der Waals surface area contributed by atoms with Gasteiger partial charge in [-0.3, -0.25) is 9.59 Å². The summed E-state index contributed by atoms with van der Waals surface area (Å²) in [5, 5.41) is 5.84. The second-order valence-corrected chi connectivity index (χ2v) is 12.7. The van der Waals surface area contributed by atoms with Gasteiger partial charge in [-0.2, -0.15) is 0 Å². The fraction of sp³-hybridized carbons (Fsp3) is 0.679. The lowest BCUT2D eigenvalue weighted by Crippen LogP contribution is -2.60. The van der Waals surface area contributed by atoms with E-state index in [9.17, 15) is 14.4 Å². The zero-order chi connectivity index (χ0) is 27.5. The second-order valence-electron chi connectivity index (χ2n) is 12.7. The highest BCUT2D eigenvalue weighted by molar-refractivity contribution is 5.93. The first-order chi connectivity index (χ1) is 15.7. The lowest BCUT2D eigenvalue weighted by molar-refractivity contribution is -0.149. The Bertz CT molecular complexity index is 897. The van der Waals surface area contributed by atoms with E-state index in [0.29, 0.717) is 0 Å². The Morgan fingerprint density at radius 3 is 1.74 bits per heavy atom. The zero-order valence-electron chi connectivity index (χ0n) is 24.0. The highest BCUT2D eigenvalue weighted by atomic mass is 16.6. The van der Waals surface area contributed by atoms with Crippen LogP contribution in [0.15, 0.2) is 18.2 Å². The third kappa shape index (κ3) is 8.86. The van der Waals surface area contributed by atoms with Crippen LogP contribution >= 0.6 is 0 Å². The number of benzene rings is 1. The lowest BCUT2D eigenvalue weighted by Gasteiger charge is -2.45. The molecular weight excluding hydrogens is 442 g/mol. The van der Waals surface area contributed by atoms with Crippen molar-refractivity contribution < 1.29 is 19.1 Å². The molecule has 0 spiro atoms. The number of hydrogen-bond acceptors (Lipinski definition) is 4. The van der Waals surface area contributed by atoms with Crippen LogP contribution in [0.5, 0.6) is 0 Å². The summed E-state index contributed by atoms with van der Waals surface area (Å²) in [4.78, 5) is 42.3. The van der Waals surface area contributed by atoms with E-state index in [2.05, 4.69) is 10.6 Å². The predicted octanol–water partition coefficient (Wildman–Crippen LogP) is 5.44. The van der Waals surface area contributed by atoms with E-state index in [0.717, 1.165) is 16.7 Å². The van der Waals surface area contributed by atoms with Gasteiger partial charge in [-0.1, -0.05) is 32.0 Å². The summed E-state index contributed by atoms with van der Waals surface area (Å²) in [6.45, 7) is 24.4. The fourth-order valence-corrected chi connectivity index (χ4v) is 4.02. The van der Waals surface area contributed by atoms with Crippen LogP contribution in [0.1, 0.15) is 98.9 Å². The second kappa shape index (κ2) is 11.0. The van der Waals surface area contributed by atoms with Crippen molar-refractivity contribution in [2.75, 3.05) is 0 Å². The van der Waals surface area contributed by atoms with Crippen LogP contribution < -0.4 is 10.6 Å². The number of nitrogens with zero attached hydrogens (tertiary/aromatic N) is 1. The molecule has 0 heterocycles. The van der Waals surface area contributed by atoms with E-state index in [-0.39, 0.29) is 17.7 Å². The molecular formula is C28H47N3O4. The van der Waals surface area contributed by atoms with Gasteiger partial charge in [0.2, 0.25) is 11.8 Å². The van der Waals surface area contributed by atoms with Crippen molar-refractivity contribution in [3.8, 4) is 0 Å². The molecule has 0 fully saturated rings. The van der Waals surface area contributed by atoms with E-state index < -0.39 is 34.9 Å². The number of carbonyl (C=O) groups is 3. The maximum Gasteiger partial charge on any atom is 0.408 e. The molecule has 0 saturated heterocycles. The molecule has 7 nitrogen and oxygen atoms in total. The van der Waals surface area contributed by atoms with Gasteiger partial charge in [0.15, 0.2) is 0 Å². The van der Waals surface area contributed by atoms with Gasteiger partial charge < -0.3 is 20.3 Å². The molecule has 0 aliphatic heterocycles. The number of amides is 3. The van der Waals surface area contributed by atoms with Crippen molar-refractivity contribution in [2.24, 2.45) is 5.92 Å². The molecule has 0 aliphatic carbocycles. The maximum absolute atomic E-state index is 14.2. The van der Waals surface area contributed by atoms with Crippen LogP contribution in [-0.2, 0) is 14.3 Å². The molecule has 0 radical (unpaired) electrons. The molecule has 1 rings (SSSR count). The smallest absolute Gasteiger partial charge is 0.408 e. The number of carbonyl (C=O) groups excluding carboxylic acids is 3. The Labute approximate surface area is 212 Å². The summed E-state index contributed by atoms with van der Waals surface area (Å²) < 4.78 is 5.43. The zero-order valence-corrected chi connectivity index (χ0v) is 24.0. The number of nitrogens with one attached hydrogen (secondary N) is 2. The summed E-state index contributed by atoms with van der Waals surface area (Å²) in [7, 11) is 0. The summed E-state index contributed by atoms with van der Waals surface area (Å²) in [6.07, 6.45) is -0.666. The van der Waals surface area contributed by atoms with Gasteiger partial charge in [-0.25, -0.2) is 4.79 Å². The third-order valence-corrected chi connectivity index (χ3v) is 5.39. The largest absolute Gasteiger partial charge is 0.444 e. The number of hydrogen-bond donors (Lipinski definition) is 2. The maximum atomic E-state index is 14.2. The molecule has 0 aliphatic rings. The van der Waals surface area contributed by atoms with Gasteiger partial charge in [0.1, 0.15) is 17.7 Å². The molecule has 1 aromatic rings. The Morgan fingerprint density at radius 1 is 0.886 bits per heavy atom. The number of alkyl carbamates (subject to hydrolysis) is 1. The average Bonchev–Trinajstić information content (AvgIpc) is 2.60. The van der Waals surface area contributed by atoms with Crippen molar-refractivity contribution >= 4 is 17.9 Å². The highest BCUT2D eigenvalue weighted by Crippen LogP contribution is 2.34. The van der Waals surface area contributed by atoms with Gasteiger partial charge in [0.05, 0.1) is 0 Å². The standard InChI is InChI=1S/C28H47N3O4/c1-17(2)21(29-25(34)35-28(11,12)13)24(33)31(27(8,9)10)22(23(32)30-26(5,6)7)20-18(3)15-14-16-19(20)4/h14-17,21-22H,1-13H3,(H,29,34)(H,30,32). The average molecular weight is 490 g/mol. The number of ether oxygens (including phenoxy) is 1. The molecule has 0 saturated carbocycles. The van der Waals surface area contributed by atoms with Gasteiger partial charge in [-0.15, -0.1) is 0 Å². The van der Waals surface area contributed by atoms with E-state index in [4.69, 9.17) is 4.74 Å². The third-order valence-electron chi connectivity index (χ3n) is 5.39. The predicted molar refractivity (Wildman–Crippen MR) is 141 cm³/mol. The van der Waals surface area contributed by atoms with E-state index in [1.807, 2.05) is 87.4 Å². The normalized spacial score (nSPS) is 14.2. The Morgan fingerprint density at radius 2 is 1.37 bits per heavy atom. The van der Waals surface area contributed by atoms with E-state index in [1.165, 1.54) is 0 Å². The molecule has 2 atom stereocenters. The topological polar surface area (TPSA) is 87.7 Å². The van der Waals surface area contributed by atoms with E-state index >= 15 is 0 Å². The van der Waals surface area contributed by atoms with Crippen LogP contribution in [0.2, 0.25) is 0 Å². The minimum atomic E-state index is -0.885. The molecule has 2 N–H and O–H groups in total. The van der Waals surface area contributed by atoms with Crippen molar-refractivity contribution in [2.45, 2.75) is 119 Å². The molecule has 35 heavy (non-hydrogen) atoms. The molecule has 0 aromatic heterocycles. The highest BCUT2D eigenvalue weighted by Gasteiger charge is 2.44. The van der Waals surface area contributed by atoms with Crippen LogP contribution in [0.25, 0.3) is 0 Å². The molecule has 7 heteroatoms. The lowest BCUT2D eigenvalue weighted by atomic mass is 9.88. The summed E-state index contributed by atoms with van der Waals surface area (Å²) >= 11 is 0. The molecule has 1 aromatic carbocycles. The van der Waals surface area contributed by atoms with E-state index in [1.54, 1.807) is 25.7 Å². The van der Waals surface area contributed by atoms with Crippen LogP contribution in [0.4, 0.5) is 4.79 Å². The Kier molecular flexibility index (Phi) is 9.58. The number of rotatable bonds is 6. The van der Waals surface area contributed by atoms with Gasteiger partial charge in [-0.05, 0) is 98.8 Å². The van der Waals surface area contributed by atoms with Crippen LogP contribution in [0, 0.1) is 19.8 Å². The van der Waals surface area contributed by atoms with Crippen molar-refractivity contribution in [1.29, 1.82) is 0 Å². The molecule has 198 valence electrons. The van der Waals surface area contributed by atoms with Crippen LogP contribution in [0.3, 0.4) is 0 Å². The summed E-state index contributed by atoms with van der Waals surface area (Å²) in [5.74, 6) is -0.836. The number of aryl methyl sites for hydroxylation is 2. The minimum Gasteiger partial charge on any atom is -0.444 e. The quantitative estimate of drug-likeness (QED) is 0.557. The molecule has 3 amide bonds. The Balaban J connectivity index is 3.70. The fourth-order valence-electron chi connectivity index (χ4n) is 4.02. The van der Waals surface area contributed by atoms with Gasteiger partial charge >= 0.3 is 6.09 Å². The summed E-state index contributed by atoms with van der Waals surface area (Å²) in [5.41, 5.74) is 0.701. The summed E-state index contributed by atoms with van der Waals surface area (Å²) in [6, 6.07) is 4.08. The monoisotopic (exact) mass is 489 g/mol. The van der Waals surface area contributed by atoms with Crippen molar-refractivity contribution in [3.05, 3.63) is 34.9 Å². The molecule has 2 unspecified atom stereocenters. The van der Waals surface area contributed by atoms with Crippen LogP contribution in [-0.4, -0.2) is 45.5 Å². The van der Waals surface area contributed by atoms with Gasteiger partial charge in [0.25, 0.3) is 0 Å². The van der Waals surface area contributed by atoms with Gasteiger partial charge in [0, 0.05) is 11.1 Å². The first-order valence-corrected chi connectivity index (χ1v) is 12.4. The Hall–Kier alpha value is -2.57. The minimum absolute atomic E-state index is 0.232. The van der Waals surface area contributed by atoms with Crippen molar-refractivity contribution in [1.82, 2.24) is 15.5 Å². The first kappa shape index (κ1) is 30.5. The van der Waals surface area contributed by atoms with Crippen molar-refractivity contribution in [3.63, 3.8) is 0 Å². The molecule has 0 bridgehead atoms. The SMILES string of the molecule is Cc1cccc(C)c1C(C(=O)NC(C)(C)C)N(C(=O)C(NC(=O)OC(C)(C)C)C(C)C)C(C)(C)C. The first-order valence-electron chi connectivity index (χ1n) is 12.4.